The average Bonchev–Trinajstić information content (AvgIpc) is 2.46. The topological polar surface area (TPSA) is 83.9 Å². The highest BCUT2D eigenvalue weighted by atomic mass is 16.6. The first kappa shape index (κ1) is 18.0. The van der Waals surface area contributed by atoms with Gasteiger partial charge >= 0.3 is 12.1 Å². The van der Waals surface area contributed by atoms with Crippen LogP contribution < -0.4 is 0 Å². The van der Waals surface area contributed by atoms with E-state index in [4.69, 9.17) is 4.74 Å². The average molecular weight is 333 g/mol. The van der Waals surface area contributed by atoms with Crippen molar-refractivity contribution >= 4 is 17.8 Å². The number of carbonyl (C=O) groups is 3. The molecule has 1 saturated heterocycles. The van der Waals surface area contributed by atoms with Gasteiger partial charge in [-0.3, -0.25) is 9.69 Å². The minimum absolute atomic E-state index is 0.0485. The lowest BCUT2D eigenvalue weighted by Crippen LogP contribution is -2.63. The van der Waals surface area contributed by atoms with Crippen molar-refractivity contribution in [2.75, 3.05) is 6.54 Å². The predicted octanol–water partition coefficient (Wildman–Crippen LogP) is 2.65. The van der Waals surface area contributed by atoms with E-state index in [1.165, 1.54) is 4.90 Å². The summed E-state index contributed by atoms with van der Waals surface area (Å²) in [6, 6.07) is 9.00. The molecule has 1 aromatic carbocycles. The van der Waals surface area contributed by atoms with Gasteiger partial charge in [-0.1, -0.05) is 30.3 Å². The minimum Gasteiger partial charge on any atom is -0.479 e. The van der Waals surface area contributed by atoms with Crippen LogP contribution in [0.1, 0.15) is 39.2 Å². The monoisotopic (exact) mass is 333 g/mol. The van der Waals surface area contributed by atoms with Gasteiger partial charge in [0.1, 0.15) is 11.4 Å². The Morgan fingerprint density at radius 1 is 1.25 bits per heavy atom. The van der Waals surface area contributed by atoms with E-state index >= 15 is 0 Å². The Kier molecular flexibility index (Phi) is 4.96. The zero-order chi connectivity index (χ0) is 18.0. The van der Waals surface area contributed by atoms with Gasteiger partial charge in [0.2, 0.25) is 0 Å². The molecule has 1 aliphatic rings. The molecule has 1 heterocycles. The van der Waals surface area contributed by atoms with Gasteiger partial charge in [-0.15, -0.1) is 0 Å². The number of ether oxygens (including phenoxy) is 1. The summed E-state index contributed by atoms with van der Waals surface area (Å²) in [4.78, 5) is 37.9. The maximum atomic E-state index is 12.6. The Balaban J connectivity index is 2.40. The van der Waals surface area contributed by atoms with Crippen molar-refractivity contribution in [3.05, 3.63) is 35.9 Å². The molecule has 1 aromatic rings. The SMILES string of the molecule is CC(C)(C)OC(=O)N1CCC(=O)CC1(Cc1ccccc1)C(=O)O. The number of likely N-dealkylation sites (tertiary alicyclic amines) is 1. The lowest BCUT2D eigenvalue weighted by molar-refractivity contribution is -0.156. The molecule has 1 fully saturated rings. The van der Waals surface area contributed by atoms with Gasteiger partial charge in [0, 0.05) is 25.8 Å². The van der Waals surface area contributed by atoms with Crippen LogP contribution in [0.25, 0.3) is 0 Å². The summed E-state index contributed by atoms with van der Waals surface area (Å²) in [6.45, 7) is 5.21. The largest absolute Gasteiger partial charge is 0.479 e. The second kappa shape index (κ2) is 6.63. The Labute approximate surface area is 141 Å². The first-order valence-electron chi connectivity index (χ1n) is 7.94. The number of hydrogen-bond donors (Lipinski definition) is 1. The van der Waals surface area contributed by atoms with Crippen molar-refractivity contribution in [1.82, 2.24) is 4.90 Å². The summed E-state index contributed by atoms with van der Waals surface area (Å²) >= 11 is 0. The molecule has 130 valence electrons. The second-order valence-electron chi connectivity index (χ2n) is 7.10. The zero-order valence-electron chi connectivity index (χ0n) is 14.2. The molecular weight excluding hydrogens is 310 g/mol. The number of benzene rings is 1. The zero-order valence-corrected chi connectivity index (χ0v) is 14.2. The number of amides is 1. The molecule has 6 heteroatoms. The lowest BCUT2D eigenvalue weighted by atomic mass is 9.81. The number of Topliss-reactive ketones (excluding diaryl/α,β-unsaturated/α-hetero) is 1. The van der Waals surface area contributed by atoms with E-state index in [-0.39, 0.29) is 31.6 Å². The summed E-state index contributed by atoms with van der Waals surface area (Å²) in [7, 11) is 0. The third kappa shape index (κ3) is 3.93. The van der Waals surface area contributed by atoms with Crippen LogP contribution in [0.4, 0.5) is 4.79 Å². The van der Waals surface area contributed by atoms with Crippen LogP contribution in [-0.4, -0.2) is 45.5 Å². The summed E-state index contributed by atoms with van der Waals surface area (Å²) in [5.41, 5.74) is -1.60. The van der Waals surface area contributed by atoms with Crippen molar-refractivity contribution < 1.29 is 24.2 Å². The summed E-state index contributed by atoms with van der Waals surface area (Å²) in [5.74, 6) is -1.35. The van der Waals surface area contributed by atoms with E-state index in [0.29, 0.717) is 0 Å². The van der Waals surface area contributed by atoms with Crippen molar-refractivity contribution in [1.29, 1.82) is 0 Å². The van der Waals surface area contributed by atoms with Crippen LogP contribution >= 0.6 is 0 Å². The third-order valence-electron chi connectivity index (χ3n) is 3.97. The fourth-order valence-electron chi connectivity index (χ4n) is 2.90. The number of carbonyl (C=O) groups excluding carboxylic acids is 2. The molecule has 1 aliphatic heterocycles. The van der Waals surface area contributed by atoms with Gasteiger partial charge in [0.25, 0.3) is 0 Å². The molecule has 0 saturated carbocycles. The van der Waals surface area contributed by atoms with E-state index in [1.54, 1.807) is 45.0 Å². The number of aliphatic carboxylic acids is 1. The summed E-state index contributed by atoms with van der Waals surface area (Å²) in [5, 5.41) is 9.88. The predicted molar refractivity (Wildman–Crippen MR) is 87.7 cm³/mol. The Morgan fingerprint density at radius 2 is 1.88 bits per heavy atom. The molecule has 0 aliphatic carbocycles. The molecule has 6 nitrogen and oxygen atoms in total. The Morgan fingerprint density at radius 3 is 2.42 bits per heavy atom. The van der Waals surface area contributed by atoms with E-state index in [1.807, 2.05) is 6.07 Å². The van der Waals surface area contributed by atoms with Crippen LogP contribution in [-0.2, 0) is 20.7 Å². The Hall–Kier alpha value is -2.37. The number of hydrogen-bond acceptors (Lipinski definition) is 4. The van der Waals surface area contributed by atoms with Crippen molar-refractivity contribution in [3.63, 3.8) is 0 Å². The van der Waals surface area contributed by atoms with Crippen LogP contribution in [0.2, 0.25) is 0 Å². The number of piperidine rings is 1. The quantitative estimate of drug-likeness (QED) is 0.919. The highest BCUT2D eigenvalue weighted by molar-refractivity contribution is 5.94. The fraction of sp³-hybridized carbons (Fsp3) is 0.500. The summed E-state index contributed by atoms with van der Waals surface area (Å²) < 4.78 is 5.37. The van der Waals surface area contributed by atoms with E-state index in [2.05, 4.69) is 0 Å². The molecule has 24 heavy (non-hydrogen) atoms. The van der Waals surface area contributed by atoms with Gasteiger partial charge in [-0.05, 0) is 26.3 Å². The highest BCUT2D eigenvalue weighted by Gasteiger charge is 2.51. The number of ketones is 1. The second-order valence-corrected chi connectivity index (χ2v) is 7.10. The standard InChI is InChI=1S/C18H23NO5/c1-17(2,3)24-16(23)19-10-9-14(20)12-18(19,15(21)22)11-13-7-5-4-6-8-13/h4-8H,9-12H2,1-3H3,(H,21,22). The molecule has 1 N–H and O–H groups in total. The molecular formula is C18H23NO5. The van der Waals surface area contributed by atoms with Gasteiger partial charge in [0.05, 0.1) is 0 Å². The number of nitrogens with zero attached hydrogens (tertiary/aromatic N) is 1. The van der Waals surface area contributed by atoms with E-state index < -0.39 is 23.2 Å². The molecule has 0 radical (unpaired) electrons. The maximum Gasteiger partial charge on any atom is 0.411 e. The highest BCUT2D eigenvalue weighted by Crippen LogP contribution is 2.32. The smallest absolute Gasteiger partial charge is 0.411 e. The fourth-order valence-corrected chi connectivity index (χ4v) is 2.90. The van der Waals surface area contributed by atoms with Crippen molar-refractivity contribution in [2.24, 2.45) is 0 Å². The molecule has 1 unspecified atom stereocenters. The molecule has 0 aromatic heterocycles. The number of carboxylic acids is 1. The van der Waals surface area contributed by atoms with E-state index in [0.717, 1.165) is 5.56 Å². The third-order valence-corrected chi connectivity index (χ3v) is 3.97. The van der Waals surface area contributed by atoms with Crippen molar-refractivity contribution in [2.45, 2.75) is 51.2 Å². The molecule has 0 bridgehead atoms. The van der Waals surface area contributed by atoms with Crippen LogP contribution in [0.5, 0.6) is 0 Å². The molecule has 1 atom stereocenters. The van der Waals surface area contributed by atoms with Gasteiger partial charge in [-0.25, -0.2) is 9.59 Å². The molecule has 2 rings (SSSR count). The van der Waals surface area contributed by atoms with Crippen LogP contribution in [0.15, 0.2) is 30.3 Å². The number of carboxylic acid groups (broad SMARTS) is 1. The number of rotatable bonds is 3. The molecule has 1 amide bonds. The first-order valence-corrected chi connectivity index (χ1v) is 7.94. The lowest BCUT2D eigenvalue weighted by Gasteiger charge is -2.43. The van der Waals surface area contributed by atoms with Crippen molar-refractivity contribution in [3.8, 4) is 0 Å². The van der Waals surface area contributed by atoms with Gasteiger partial charge in [0.15, 0.2) is 5.54 Å². The van der Waals surface area contributed by atoms with Gasteiger partial charge in [-0.2, -0.15) is 0 Å². The normalized spacial score (nSPS) is 21.5. The maximum absolute atomic E-state index is 12.6. The van der Waals surface area contributed by atoms with Gasteiger partial charge < -0.3 is 9.84 Å². The first-order chi connectivity index (χ1) is 11.1. The van der Waals surface area contributed by atoms with Crippen LogP contribution in [0, 0.1) is 0 Å². The summed E-state index contributed by atoms with van der Waals surface area (Å²) in [6.07, 6.45) is -0.707. The Bertz CT molecular complexity index is 635. The van der Waals surface area contributed by atoms with Crippen LogP contribution in [0.3, 0.4) is 0 Å². The minimum atomic E-state index is -1.61. The molecule has 0 spiro atoms. The van der Waals surface area contributed by atoms with E-state index in [9.17, 15) is 19.5 Å².